The van der Waals surface area contributed by atoms with Crippen molar-refractivity contribution in [3.63, 3.8) is 0 Å². The zero-order valence-corrected chi connectivity index (χ0v) is 9.58. The minimum Gasteiger partial charge on any atom is -0.507 e. The average Bonchev–Trinajstić information content (AvgIpc) is 2.92. The van der Waals surface area contributed by atoms with Gasteiger partial charge in [-0.1, -0.05) is 12.1 Å². The second kappa shape index (κ2) is 3.51. The predicted molar refractivity (Wildman–Crippen MR) is 60.7 cm³/mol. The highest BCUT2D eigenvalue weighted by Crippen LogP contribution is 2.55. The highest BCUT2D eigenvalue weighted by molar-refractivity contribution is 5.71. The lowest BCUT2D eigenvalue weighted by molar-refractivity contribution is -0.137. The van der Waals surface area contributed by atoms with E-state index < -0.39 is 5.97 Å². The summed E-state index contributed by atoms with van der Waals surface area (Å²) in [4.78, 5) is 10.9. The molecule has 0 bridgehead atoms. The highest BCUT2D eigenvalue weighted by atomic mass is 16.4. The van der Waals surface area contributed by atoms with Crippen molar-refractivity contribution in [3.05, 3.63) is 28.8 Å². The third kappa shape index (κ3) is 1.66. The molecular formula is C13H16O3. The van der Waals surface area contributed by atoms with Gasteiger partial charge in [0.05, 0.1) is 6.42 Å². The van der Waals surface area contributed by atoms with Gasteiger partial charge in [0.25, 0.3) is 0 Å². The fourth-order valence-electron chi connectivity index (χ4n) is 2.42. The van der Waals surface area contributed by atoms with Crippen molar-refractivity contribution in [3.8, 4) is 5.75 Å². The minimum absolute atomic E-state index is 0.116. The molecule has 3 nitrogen and oxygen atoms in total. The van der Waals surface area contributed by atoms with Gasteiger partial charge in [0.15, 0.2) is 0 Å². The van der Waals surface area contributed by atoms with E-state index >= 15 is 0 Å². The van der Waals surface area contributed by atoms with Gasteiger partial charge in [0, 0.05) is 11.0 Å². The molecular weight excluding hydrogens is 204 g/mol. The Bertz CT molecular complexity index is 445. The molecule has 0 saturated heterocycles. The van der Waals surface area contributed by atoms with Crippen molar-refractivity contribution in [2.24, 2.45) is 0 Å². The van der Waals surface area contributed by atoms with Gasteiger partial charge >= 0.3 is 5.97 Å². The number of rotatable bonds is 3. The standard InChI is InChI=1S/C13H16O3/c1-8-3-4-9(2)12(16)11(8)13(5-6-13)7-10(14)15/h3-4,16H,5-7H2,1-2H3,(H,14,15). The first-order chi connectivity index (χ1) is 7.46. The van der Waals surface area contributed by atoms with Gasteiger partial charge < -0.3 is 10.2 Å². The largest absolute Gasteiger partial charge is 0.507 e. The molecule has 86 valence electrons. The summed E-state index contributed by atoms with van der Waals surface area (Å²) in [5.74, 6) is -0.517. The first-order valence-corrected chi connectivity index (χ1v) is 5.48. The number of carboxylic acid groups (broad SMARTS) is 1. The molecule has 16 heavy (non-hydrogen) atoms. The van der Waals surface area contributed by atoms with E-state index in [4.69, 9.17) is 5.11 Å². The SMILES string of the molecule is Cc1ccc(C)c(C2(CC(=O)O)CC2)c1O. The van der Waals surface area contributed by atoms with Crippen LogP contribution < -0.4 is 0 Å². The van der Waals surface area contributed by atoms with E-state index in [0.717, 1.165) is 29.5 Å². The predicted octanol–water partition coefficient (Wildman–Crippen LogP) is 2.52. The van der Waals surface area contributed by atoms with Crippen LogP contribution in [0.25, 0.3) is 0 Å². The van der Waals surface area contributed by atoms with Gasteiger partial charge in [-0.05, 0) is 37.8 Å². The minimum atomic E-state index is -0.794. The monoisotopic (exact) mass is 220 g/mol. The van der Waals surface area contributed by atoms with Crippen LogP contribution in [0.4, 0.5) is 0 Å². The maximum Gasteiger partial charge on any atom is 0.304 e. The van der Waals surface area contributed by atoms with E-state index in [2.05, 4.69) is 0 Å². The lowest BCUT2D eigenvalue weighted by atomic mass is 9.87. The topological polar surface area (TPSA) is 57.5 Å². The molecule has 1 aliphatic rings. The van der Waals surface area contributed by atoms with Gasteiger partial charge in [-0.25, -0.2) is 0 Å². The Hall–Kier alpha value is -1.51. The Labute approximate surface area is 94.7 Å². The summed E-state index contributed by atoms with van der Waals surface area (Å²) < 4.78 is 0. The number of phenols is 1. The smallest absolute Gasteiger partial charge is 0.304 e. The molecule has 1 saturated carbocycles. The second-order valence-electron chi connectivity index (χ2n) is 4.77. The lowest BCUT2D eigenvalue weighted by Gasteiger charge is -2.19. The highest BCUT2D eigenvalue weighted by Gasteiger charge is 2.48. The van der Waals surface area contributed by atoms with Gasteiger partial charge in [-0.2, -0.15) is 0 Å². The van der Waals surface area contributed by atoms with Crippen LogP contribution in [-0.2, 0) is 10.2 Å². The number of carbonyl (C=O) groups is 1. The average molecular weight is 220 g/mol. The van der Waals surface area contributed by atoms with E-state index in [1.54, 1.807) is 0 Å². The number of phenolic OH excluding ortho intramolecular Hbond substituents is 1. The summed E-state index contributed by atoms with van der Waals surface area (Å²) in [6, 6.07) is 3.82. The Morgan fingerprint density at radius 2 is 1.88 bits per heavy atom. The maximum absolute atomic E-state index is 10.9. The first kappa shape index (κ1) is 11.0. The van der Waals surface area contributed by atoms with Gasteiger partial charge in [0.2, 0.25) is 0 Å². The number of benzene rings is 1. The molecule has 0 atom stereocenters. The van der Waals surface area contributed by atoms with Crippen LogP contribution in [0, 0.1) is 13.8 Å². The fourth-order valence-corrected chi connectivity index (χ4v) is 2.42. The molecule has 0 spiro atoms. The fraction of sp³-hybridized carbons (Fsp3) is 0.462. The summed E-state index contributed by atoms with van der Waals surface area (Å²) in [5.41, 5.74) is 2.33. The number of aryl methyl sites for hydroxylation is 2. The third-order valence-electron chi connectivity index (χ3n) is 3.46. The second-order valence-corrected chi connectivity index (χ2v) is 4.77. The van der Waals surface area contributed by atoms with Crippen molar-refractivity contribution in [1.82, 2.24) is 0 Å². The summed E-state index contributed by atoms with van der Waals surface area (Å²) in [5, 5.41) is 19.0. The van der Waals surface area contributed by atoms with E-state index in [9.17, 15) is 9.90 Å². The Morgan fingerprint density at radius 1 is 1.31 bits per heavy atom. The van der Waals surface area contributed by atoms with Crippen molar-refractivity contribution in [1.29, 1.82) is 0 Å². The molecule has 1 aromatic rings. The van der Waals surface area contributed by atoms with Crippen molar-refractivity contribution in [2.45, 2.75) is 38.5 Å². The molecule has 2 N–H and O–H groups in total. The number of hydrogen-bond acceptors (Lipinski definition) is 2. The van der Waals surface area contributed by atoms with E-state index in [-0.39, 0.29) is 17.6 Å². The Kier molecular flexibility index (Phi) is 2.41. The molecule has 1 aliphatic carbocycles. The van der Waals surface area contributed by atoms with Gasteiger partial charge in [-0.3, -0.25) is 4.79 Å². The quantitative estimate of drug-likeness (QED) is 0.822. The summed E-state index contributed by atoms with van der Waals surface area (Å²) in [6.45, 7) is 3.77. The molecule has 0 unspecified atom stereocenters. The van der Waals surface area contributed by atoms with Gasteiger partial charge in [0.1, 0.15) is 5.75 Å². The zero-order chi connectivity index (χ0) is 11.9. The summed E-state index contributed by atoms with van der Waals surface area (Å²) in [7, 11) is 0. The molecule has 0 heterocycles. The van der Waals surface area contributed by atoms with Crippen LogP contribution >= 0.6 is 0 Å². The van der Waals surface area contributed by atoms with Crippen LogP contribution in [0.5, 0.6) is 5.75 Å². The van der Waals surface area contributed by atoms with Crippen LogP contribution in [0.1, 0.15) is 36.0 Å². The number of aromatic hydroxyl groups is 1. The number of hydrogen-bond donors (Lipinski definition) is 2. The molecule has 1 fully saturated rings. The molecule has 0 amide bonds. The molecule has 0 aliphatic heterocycles. The lowest BCUT2D eigenvalue weighted by Crippen LogP contribution is -2.14. The van der Waals surface area contributed by atoms with Crippen molar-refractivity contribution >= 4 is 5.97 Å². The van der Waals surface area contributed by atoms with E-state index in [1.807, 2.05) is 26.0 Å². The maximum atomic E-state index is 10.9. The first-order valence-electron chi connectivity index (χ1n) is 5.48. The summed E-state index contributed by atoms with van der Waals surface area (Å²) >= 11 is 0. The van der Waals surface area contributed by atoms with E-state index in [1.165, 1.54) is 0 Å². The van der Waals surface area contributed by atoms with Crippen molar-refractivity contribution in [2.75, 3.05) is 0 Å². The zero-order valence-electron chi connectivity index (χ0n) is 9.58. The molecule has 1 aromatic carbocycles. The van der Waals surface area contributed by atoms with Crippen molar-refractivity contribution < 1.29 is 15.0 Å². The normalized spacial score (nSPS) is 17.1. The number of carboxylic acids is 1. The van der Waals surface area contributed by atoms with Crippen LogP contribution in [0.2, 0.25) is 0 Å². The van der Waals surface area contributed by atoms with Crippen LogP contribution in [0.3, 0.4) is 0 Å². The molecule has 3 heteroatoms. The summed E-state index contributed by atoms with van der Waals surface area (Å²) in [6.07, 6.45) is 1.83. The van der Waals surface area contributed by atoms with E-state index in [0.29, 0.717) is 0 Å². The van der Waals surface area contributed by atoms with Crippen LogP contribution in [0.15, 0.2) is 12.1 Å². The van der Waals surface area contributed by atoms with Gasteiger partial charge in [-0.15, -0.1) is 0 Å². The third-order valence-corrected chi connectivity index (χ3v) is 3.46. The number of aliphatic carboxylic acids is 1. The Balaban J connectivity index is 2.48. The van der Waals surface area contributed by atoms with Crippen LogP contribution in [-0.4, -0.2) is 16.2 Å². The Morgan fingerprint density at radius 3 is 2.38 bits per heavy atom. The molecule has 2 rings (SSSR count). The molecule has 0 radical (unpaired) electrons. The molecule has 0 aromatic heterocycles.